The molecule has 1 aliphatic rings. The number of fused-ring (bicyclic) bond motifs is 1. The molecule has 4 nitrogen and oxygen atoms in total. The molecule has 0 radical (unpaired) electrons. The highest BCUT2D eigenvalue weighted by atomic mass is 16.2. The number of aromatic nitrogens is 2. The summed E-state index contributed by atoms with van der Waals surface area (Å²) in [5, 5.41) is 0. The molecule has 1 saturated heterocycles. The number of pyridine rings is 1. The monoisotopic (exact) mass is 285 g/mol. The molecule has 3 heterocycles. The van der Waals surface area contributed by atoms with Crippen LogP contribution in [0.3, 0.4) is 0 Å². The lowest BCUT2D eigenvalue weighted by atomic mass is 9.99. The molecule has 1 amide bonds. The predicted molar refractivity (Wildman–Crippen MR) is 83.6 cm³/mol. The van der Waals surface area contributed by atoms with Gasteiger partial charge in [0.05, 0.1) is 5.69 Å². The van der Waals surface area contributed by atoms with Crippen LogP contribution in [0.25, 0.3) is 5.65 Å². The van der Waals surface area contributed by atoms with Gasteiger partial charge >= 0.3 is 0 Å². The first-order chi connectivity index (χ1) is 10.1. The van der Waals surface area contributed by atoms with Crippen molar-refractivity contribution in [2.45, 2.75) is 40.0 Å². The van der Waals surface area contributed by atoms with Gasteiger partial charge in [0.15, 0.2) is 0 Å². The maximum atomic E-state index is 12.9. The maximum absolute atomic E-state index is 12.9. The molecule has 0 atom stereocenters. The summed E-state index contributed by atoms with van der Waals surface area (Å²) in [5.41, 5.74) is 3.67. The van der Waals surface area contributed by atoms with Crippen molar-refractivity contribution in [3.8, 4) is 0 Å². The number of likely N-dealkylation sites (tertiary alicyclic amines) is 1. The lowest BCUT2D eigenvalue weighted by molar-refractivity contribution is 0.0689. The fraction of sp³-hybridized carbons (Fsp3) is 0.529. The van der Waals surface area contributed by atoms with E-state index < -0.39 is 0 Å². The van der Waals surface area contributed by atoms with Crippen LogP contribution in [-0.2, 0) is 6.42 Å². The summed E-state index contributed by atoms with van der Waals surface area (Å²) in [6.07, 6.45) is 5.00. The number of hydrogen-bond acceptors (Lipinski definition) is 2. The lowest BCUT2D eigenvalue weighted by Gasteiger charge is -2.30. The molecule has 3 rings (SSSR count). The maximum Gasteiger partial charge on any atom is 0.272 e. The Morgan fingerprint density at radius 1 is 1.33 bits per heavy atom. The fourth-order valence-electron chi connectivity index (χ4n) is 3.03. The number of nitrogens with zero attached hydrogens (tertiary/aromatic N) is 3. The molecule has 0 N–H and O–H groups in total. The van der Waals surface area contributed by atoms with Crippen LogP contribution in [0.15, 0.2) is 18.3 Å². The number of aryl methyl sites for hydroxylation is 2. The molecule has 0 bridgehead atoms. The van der Waals surface area contributed by atoms with E-state index in [0.29, 0.717) is 0 Å². The van der Waals surface area contributed by atoms with E-state index in [0.717, 1.165) is 60.9 Å². The van der Waals surface area contributed by atoms with Crippen LogP contribution in [0.1, 0.15) is 48.4 Å². The topological polar surface area (TPSA) is 37.6 Å². The zero-order valence-electron chi connectivity index (χ0n) is 13.1. The third-order valence-electron chi connectivity index (χ3n) is 4.45. The summed E-state index contributed by atoms with van der Waals surface area (Å²) in [6.45, 7) is 8.09. The number of amides is 1. The Morgan fingerprint density at radius 2 is 2.05 bits per heavy atom. The molecule has 0 unspecified atom stereocenters. The van der Waals surface area contributed by atoms with Crippen LogP contribution in [0.4, 0.5) is 0 Å². The summed E-state index contributed by atoms with van der Waals surface area (Å²) >= 11 is 0. The van der Waals surface area contributed by atoms with Crippen molar-refractivity contribution in [3.63, 3.8) is 0 Å². The fourth-order valence-corrected chi connectivity index (χ4v) is 3.03. The van der Waals surface area contributed by atoms with Crippen LogP contribution in [0.5, 0.6) is 0 Å². The van der Waals surface area contributed by atoms with Crippen LogP contribution in [-0.4, -0.2) is 33.3 Å². The van der Waals surface area contributed by atoms with Crippen molar-refractivity contribution >= 4 is 11.6 Å². The summed E-state index contributed by atoms with van der Waals surface area (Å²) in [6, 6.07) is 4.03. The first-order valence-electron chi connectivity index (χ1n) is 7.87. The van der Waals surface area contributed by atoms with E-state index in [2.05, 4.69) is 18.8 Å². The van der Waals surface area contributed by atoms with E-state index >= 15 is 0 Å². The minimum atomic E-state index is 0.136. The van der Waals surface area contributed by atoms with Crippen LogP contribution in [0, 0.1) is 12.8 Å². The third-order valence-corrected chi connectivity index (χ3v) is 4.45. The number of carbonyl (C=O) groups excluding carboxylic acids is 1. The van der Waals surface area contributed by atoms with Gasteiger partial charge in [-0.15, -0.1) is 0 Å². The highest BCUT2D eigenvalue weighted by Gasteiger charge is 2.26. The van der Waals surface area contributed by atoms with Crippen LogP contribution in [0.2, 0.25) is 0 Å². The average Bonchev–Trinajstić information content (AvgIpc) is 2.85. The SMILES string of the molecule is CCc1nc2ccc(C)cn2c1C(=O)N1CCC(C)CC1. The van der Waals surface area contributed by atoms with E-state index in [1.807, 2.05) is 34.6 Å². The number of piperidine rings is 1. The zero-order valence-corrected chi connectivity index (χ0v) is 13.1. The molecule has 0 aromatic carbocycles. The molecule has 0 saturated carbocycles. The van der Waals surface area contributed by atoms with E-state index in [9.17, 15) is 4.79 Å². The molecular weight excluding hydrogens is 262 g/mol. The quantitative estimate of drug-likeness (QED) is 0.850. The zero-order chi connectivity index (χ0) is 15.0. The molecule has 1 fully saturated rings. The molecule has 2 aromatic heterocycles. The van der Waals surface area contributed by atoms with Crippen molar-refractivity contribution < 1.29 is 4.79 Å². The normalized spacial score (nSPS) is 16.6. The van der Waals surface area contributed by atoms with Gasteiger partial charge in [-0.2, -0.15) is 0 Å². The van der Waals surface area contributed by atoms with Gasteiger partial charge in [0.2, 0.25) is 0 Å². The lowest BCUT2D eigenvalue weighted by Crippen LogP contribution is -2.38. The summed E-state index contributed by atoms with van der Waals surface area (Å²) in [4.78, 5) is 19.5. The van der Waals surface area contributed by atoms with Gasteiger partial charge in [0.25, 0.3) is 5.91 Å². The predicted octanol–water partition coefficient (Wildman–Crippen LogP) is 3.08. The second-order valence-corrected chi connectivity index (χ2v) is 6.17. The summed E-state index contributed by atoms with van der Waals surface area (Å²) in [5.74, 6) is 0.862. The van der Waals surface area contributed by atoms with Crippen molar-refractivity contribution in [2.24, 2.45) is 5.92 Å². The summed E-state index contributed by atoms with van der Waals surface area (Å²) < 4.78 is 1.97. The van der Waals surface area contributed by atoms with Crippen molar-refractivity contribution in [1.29, 1.82) is 0 Å². The Kier molecular flexibility index (Phi) is 3.70. The van der Waals surface area contributed by atoms with E-state index in [1.54, 1.807) is 0 Å². The Hall–Kier alpha value is -1.84. The molecular formula is C17H23N3O. The van der Waals surface area contributed by atoms with Gasteiger partial charge in [-0.3, -0.25) is 9.20 Å². The minimum Gasteiger partial charge on any atom is -0.337 e. The van der Waals surface area contributed by atoms with Gasteiger partial charge in [-0.05, 0) is 43.7 Å². The number of rotatable bonds is 2. The molecule has 0 aliphatic carbocycles. The number of hydrogen-bond donors (Lipinski definition) is 0. The van der Waals surface area contributed by atoms with Gasteiger partial charge in [0.1, 0.15) is 11.3 Å². The van der Waals surface area contributed by atoms with E-state index in [-0.39, 0.29) is 5.91 Å². The summed E-state index contributed by atoms with van der Waals surface area (Å²) in [7, 11) is 0. The third kappa shape index (κ3) is 2.55. The van der Waals surface area contributed by atoms with Crippen LogP contribution < -0.4 is 0 Å². The van der Waals surface area contributed by atoms with Crippen molar-refractivity contribution in [3.05, 3.63) is 35.3 Å². The van der Waals surface area contributed by atoms with Crippen molar-refractivity contribution in [1.82, 2.24) is 14.3 Å². The Labute approximate surface area is 125 Å². The van der Waals surface area contributed by atoms with Gasteiger partial charge in [-0.25, -0.2) is 4.98 Å². The Morgan fingerprint density at radius 3 is 2.71 bits per heavy atom. The van der Waals surface area contributed by atoms with Crippen LogP contribution >= 0.6 is 0 Å². The average molecular weight is 285 g/mol. The highest BCUT2D eigenvalue weighted by molar-refractivity contribution is 5.94. The molecule has 112 valence electrons. The number of imidazole rings is 1. The Balaban J connectivity index is 2.01. The molecule has 2 aromatic rings. The number of carbonyl (C=O) groups is 1. The van der Waals surface area contributed by atoms with Crippen molar-refractivity contribution in [2.75, 3.05) is 13.1 Å². The van der Waals surface area contributed by atoms with Gasteiger partial charge < -0.3 is 4.90 Å². The first kappa shape index (κ1) is 14.1. The first-order valence-corrected chi connectivity index (χ1v) is 7.87. The Bertz CT molecular complexity index is 666. The standard InChI is InChI=1S/C17H23N3O/c1-4-14-16(17(21)19-9-7-12(2)8-10-19)20-11-13(3)5-6-15(20)18-14/h5-6,11-12H,4,7-10H2,1-3H3. The van der Waals surface area contributed by atoms with E-state index in [1.165, 1.54) is 0 Å². The second-order valence-electron chi connectivity index (χ2n) is 6.17. The van der Waals surface area contributed by atoms with Gasteiger partial charge in [0, 0.05) is 19.3 Å². The molecule has 4 heteroatoms. The second kappa shape index (κ2) is 5.51. The minimum absolute atomic E-state index is 0.136. The van der Waals surface area contributed by atoms with E-state index in [4.69, 9.17) is 0 Å². The molecule has 0 spiro atoms. The molecule has 21 heavy (non-hydrogen) atoms. The van der Waals surface area contributed by atoms with Gasteiger partial charge in [-0.1, -0.05) is 19.9 Å². The smallest absolute Gasteiger partial charge is 0.272 e. The molecule has 1 aliphatic heterocycles. The largest absolute Gasteiger partial charge is 0.337 e. The highest BCUT2D eigenvalue weighted by Crippen LogP contribution is 2.21.